The van der Waals surface area contributed by atoms with Gasteiger partial charge in [0.1, 0.15) is 17.3 Å². The molecular formula is C22H13FN2O2S. The van der Waals surface area contributed by atoms with E-state index in [2.05, 4.69) is 0 Å². The van der Waals surface area contributed by atoms with Gasteiger partial charge in [-0.25, -0.2) is 9.07 Å². The predicted molar refractivity (Wildman–Crippen MR) is 106 cm³/mol. The van der Waals surface area contributed by atoms with E-state index in [0.29, 0.717) is 5.75 Å². The van der Waals surface area contributed by atoms with Gasteiger partial charge in [-0.1, -0.05) is 24.3 Å². The van der Waals surface area contributed by atoms with E-state index in [-0.39, 0.29) is 17.1 Å². The number of thiophene rings is 1. The van der Waals surface area contributed by atoms with Gasteiger partial charge >= 0.3 is 0 Å². The van der Waals surface area contributed by atoms with Crippen molar-refractivity contribution in [2.45, 2.75) is 0 Å². The molecule has 0 unspecified atom stereocenters. The first-order chi connectivity index (χ1) is 13.7. The number of halogens is 1. The molecule has 6 heteroatoms. The van der Waals surface area contributed by atoms with Gasteiger partial charge in [-0.3, -0.25) is 4.79 Å². The highest BCUT2D eigenvalue weighted by Gasteiger charge is 2.28. The van der Waals surface area contributed by atoms with Crippen LogP contribution in [0.15, 0.2) is 78.0 Å². The SMILES string of the molecule is O=C1/C(=C/c2cn(-c3ccccc3)nc2-c2cccs2)Oc2ccc(F)cc21. The smallest absolute Gasteiger partial charge is 0.232 e. The number of hydrogen-bond acceptors (Lipinski definition) is 4. The molecule has 0 saturated heterocycles. The number of hydrogen-bond donors (Lipinski definition) is 0. The Morgan fingerprint density at radius 3 is 2.71 bits per heavy atom. The van der Waals surface area contributed by atoms with Gasteiger partial charge in [-0.2, -0.15) is 5.10 Å². The lowest BCUT2D eigenvalue weighted by Gasteiger charge is -1.99. The van der Waals surface area contributed by atoms with Crippen LogP contribution >= 0.6 is 11.3 Å². The Kier molecular flexibility index (Phi) is 3.91. The summed E-state index contributed by atoms with van der Waals surface area (Å²) in [5, 5.41) is 6.68. The lowest BCUT2D eigenvalue weighted by molar-refractivity contribution is 0.101. The number of Topliss-reactive ketones (excluding diaryl/α,β-unsaturated/α-hetero) is 1. The number of aromatic nitrogens is 2. The molecule has 0 spiro atoms. The fraction of sp³-hybridized carbons (Fsp3) is 0. The van der Waals surface area contributed by atoms with Crippen molar-refractivity contribution < 1.29 is 13.9 Å². The van der Waals surface area contributed by atoms with E-state index in [1.165, 1.54) is 18.2 Å². The van der Waals surface area contributed by atoms with Crippen molar-refractivity contribution in [2.75, 3.05) is 0 Å². The summed E-state index contributed by atoms with van der Waals surface area (Å²) in [4.78, 5) is 13.6. The molecule has 0 saturated carbocycles. The topological polar surface area (TPSA) is 44.1 Å². The second kappa shape index (κ2) is 6.58. The predicted octanol–water partition coefficient (Wildman–Crippen LogP) is 5.36. The Balaban J connectivity index is 1.61. The molecule has 1 aliphatic rings. The van der Waals surface area contributed by atoms with Crippen LogP contribution in [-0.2, 0) is 0 Å². The summed E-state index contributed by atoms with van der Waals surface area (Å²) < 4.78 is 20.9. The third-order valence-corrected chi connectivity index (χ3v) is 5.31. The second-order valence-corrected chi connectivity index (χ2v) is 7.22. The lowest BCUT2D eigenvalue weighted by Crippen LogP contribution is -1.98. The van der Waals surface area contributed by atoms with Crippen LogP contribution in [0.1, 0.15) is 15.9 Å². The third kappa shape index (κ3) is 2.84. The number of allylic oxidation sites excluding steroid dienone is 1. The fourth-order valence-corrected chi connectivity index (χ4v) is 3.84. The molecule has 0 atom stereocenters. The number of benzene rings is 2. The van der Waals surface area contributed by atoms with Gasteiger partial charge < -0.3 is 4.74 Å². The zero-order valence-corrected chi connectivity index (χ0v) is 15.3. The highest BCUT2D eigenvalue weighted by molar-refractivity contribution is 7.13. The third-order valence-electron chi connectivity index (χ3n) is 4.43. The number of nitrogens with zero attached hydrogens (tertiary/aromatic N) is 2. The molecular weight excluding hydrogens is 375 g/mol. The van der Waals surface area contributed by atoms with Crippen molar-refractivity contribution in [1.82, 2.24) is 9.78 Å². The molecule has 4 aromatic rings. The van der Waals surface area contributed by atoms with E-state index in [1.54, 1.807) is 22.1 Å². The van der Waals surface area contributed by atoms with Gasteiger partial charge in [0, 0.05) is 11.8 Å². The first-order valence-corrected chi connectivity index (χ1v) is 9.50. The van der Waals surface area contributed by atoms with E-state index in [0.717, 1.165) is 21.8 Å². The van der Waals surface area contributed by atoms with Crippen LogP contribution < -0.4 is 4.74 Å². The number of para-hydroxylation sites is 1. The molecule has 1 aliphatic heterocycles. The van der Waals surface area contributed by atoms with Gasteiger partial charge in [0.05, 0.1) is 16.1 Å². The molecule has 0 radical (unpaired) electrons. The van der Waals surface area contributed by atoms with Crippen LogP contribution in [0.3, 0.4) is 0 Å². The number of carbonyl (C=O) groups is 1. The number of ketones is 1. The highest BCUT2D eigenvalue weighted by Crippen LogP contribution is 2.34. The molecule has 0 fully saturated rings. The molecule has 0 N–H and O–H groups in total. The molecule has 136 valence electrons. The monoisotopic (exact) mass is 388 g/mol. The second-order valence-electron chi connectivity index (χ2n) is 6.27. The van der Waals surface area contributed by atoms with Gasteiger partial charge in [0.15, 0.2) is 5.76 Å². The number of fused-ring (bicyclic) bond motifs is 1. The van der Waals surface area contributed by atoms with Crippen LogP contribution in [0, 0.1) is 5.82 Å². The normalized spacial score (nSPS) is 14.3. The molecule has 3 heterocycles. The minimum atomic E-state index is -0.465. The van der Waals surface area contributed by atoms with Gasteiger partial charge in [-0.15, -0.1) is 11.3 Å². The largest absolute Gasteiger partial charge is 0.452 e. The van der Waals surface area contributed by atoms with Gasteiger partial charge in [-0.05, 0) is 47.9 Å². The first kappa shape index (κ1) is 16.6. The van der Waals surface area contributed by atoms with Crippen LogP contribution in [0.2, 0.25) is 0 Å². The van der Waals surface area contributed by atoms with Crippen LogP contribution in [0.5, 0.6) is 5.75 Å². The minimum Gasteiger partial charge on any atom is -0.452 e. The Bertz CT molecular complexity index is 1210. The average molecular weight is 388 g/mol. The van der Waals surface area contributed by atoms with Crippen LogP contribution in [0.25, 0.3) is 22.3 Å². The molecule has 0 amide bonds. The molecule has 5 rings (SSSR count). The summed E-state index contributed by atoms with van der Waals surface area (Å²) in [6.07, 6.45) is 3.53. The zero-order valence-electron chi connectivity index (χ0n) is 14.5. The van der Waals surface area contributed by atoms with Crippen LogP contribution in [0.4, 0.5) is 4.39 Å². The summed E-state index contributed by atoms with van der Waals surface area (Å²) >= 11 is 1.57. The van der Waals surface area contributed by atoms with E-state index >= 15 is 0 Å². The first-order valence-electron chi connectivity index (χ1n) is 8.62. The Morgan fingerprint density at radius 1 is 1.07 bits per heavy atom. The number of rotatable bonds is 3. The Hall–Kier alpha value is -3.51. The molecule has 2 aromatic heterocycles. The van der Waals surface area contributed by atoms with E-state index in [4.69, 9.17) is 9.84 Å². The fourth-order valence-electron chi connectivity index (χ4n) is 3.11. The van der Waals surface area contributed by atoms with Crippen molar-refractivity contribution in [1.29, 1.82) is 0 Å². The Labute approximate surface area is 164 Å². The zero-order chi connectivity index (χ0) is 19.1. The standard InChI is InChI=1S/C22H13FN2O2S/c23-15-8-9-18-17(12-15)22(26)19(27-18)11-14-13-25(16-5-2-1-3-6-16)24-21(14)20-7-4-10-28-20/h1-13H/b19-11-. The summed E-state index contributed by atoms with van der Waals surface area (Å²) in [6.45, 7) is 0. The van der Waals surface area contributed by atoms with Crippen molar-refractivity contribution in [2.24, 2.45) is 0 Å². The minimum absolute atomic E-state index is 0.158. The van der Waals surface area contributed by atoms with E-state index in [9.17, 15) is 9.18 Å². The van der Waals surface area contributed by atoms with Gasteiger partial charge in [0.25, 0.3) is 0 Å². The summed E-state index contributed by atoms with van der Waals surface area (Å²) in [5.74, 6) is -0.274. The maximum absolute atomic E-state index is 13.5. The lowest BCUT2D eigenvalue weighted by atomic mass is 10.1. The van der Waals surface area contributed by atoms with Crippen molar-refractivity contribution in [3.05, 3.63) is 94.9 Å². The molecule has 0 aliphatic carbocycles. The average Bonchev–Trinajstić information content (AvgIpc) is 3.44. The molecule has 2 aromatic carbocycles. The highest BCUT2D eigenvalue weighted by atomic mass is 32.1. The van der Waals surface area contributed by atoms with E-state index < -0.39 is 5.82 Å². The molecule has 0 bridgehead atoms. The van der Waals surface area contributed by atoms with Crippen molar-refractivity contribution in [3.63, 3.8) is 0 Å². The van der Waals surface area contributed by atoms with E-state index in [1.807, 2.05) is 54.0 Å². The maximum Gasteiger partial charge on any atom is 0.232 e. The molecule has 28 heavy (non-hydrogen) atoms. The summed E-state index contributed by atoms with van der Waals surface area (Å²) in [7, 11) is 0. The van der Waals surface area contributed by atoms with Gasteiger partial charge in [0.2, 0.25) is 5.78 Å². The summed E-state index contributed by atoms with van der Waals surface area (Å²) in [5.41, 5.74) is 2.65. The number of carbonyl (C=O) groups excluding carboxylic acids is 1. The van der Waals surface area contributed by atoms with Crippen molar-refractivity contribution >= 4 is 23.2 Å². The Morgan fingerprint density at radius 2 is 1.93 bits per heavy atom. The maximum atomic E-state index is 13.5. The quantitative estimate of drug-likeness (QED) is 0.444. The number of ether oxygens (including phenoxy) is 1. The van der Waals surface area contributed by atoms with Crippen LogP contribution in [-0.4, -0.2) is 15.6 Å². The molecule has 4 nitrogen and oxygen atoms in total. The summed E-state index contributed by atoms with van der Waals surface area (Å²) in [6, 6.07) is 17.6. The van der Waals surface area contributed by atoms with Crippen molar-refractivity contribution in [3.8, 4) is 22.0 Å².